The first kappa shape index (κ1) is 6.53. The molecule has 58 valence electrons. The Hall–Kier alpha value is -1.18. The summed E-state index contributed by atoms with van der Waals surface area (Å²) in [4.78, 5) is 0. The Morgan fingerprint density at radius 3 is 2.91 bits per heavy atom. The molecule has 0 bridgehead atoms. The predicted octanol–water partition coefficient (Wildman–Crippen LogP) is 1.46. The average Bonchev–Trinajstić information content (AvgIpc) is 2.45. The molecule has 0 amide bonds. The Balaban J connectivity index is 2.62. The molecule has 1 aromatic rings. The van der Waals surface area contributed by atoms with E-state index in [9.17, 15) is 5.11 Å². The third-order valence-electron chi connectivity index (χ3n) is 2.30. The van der Waals surface area contributed by atoms with Gasteiger partial charge in [0.05, 0.1) is 5.69 Å². The van der Waals surface area contributed by atoms with Gasteiger partial charge in [-0.05, 0) is 36.5 Å². The second kappa shape index (κ2) is 2.16. The molecule has 0 aromatic heterocycles. The highest BCUT2D eigenvalue weighted by Crippen LogP contribution is 2.32. The van der Waals surface area contributed by atoms with Crippen molar-refractivity contribution in [3.8, 4) is 5.75 Å². The highest BCUT2D eigenvalue weighted by Gasteiger charge is 2.14. The van der Waals surface area contributed by atoms with Gasteiger partial charge < -0.3 is 10.8 Å². The Kier molecular flexibility index (Phi) is 1.28. The predicted molar refractivity (Wildman–Crippen MR) is 44.5 cm³/mol. The molecule has 2 nitrogen and oxygen atoms in total. The summed E-state index contributed by atoms with van der Waals surface area (Å²) in [6, 6.07) is 3.65. The monoisotopic (exact) mass is 149 g/mol. The van der Waals surface area contributed by atoms with Crippen molar-refractivity contribution >= 4 is 5.69 Å². The zero-order valence-electron chi connectivity index (χ0n) is 6.30. The summed E-state index contributed by atoms with van der Waals surface area (Å²) >= 11 is 0. The molecule has 0 atom stereocenters. The minimum Gasteiger partial charge on any atom is -0.506 e. The minimum absolute atomic E-state index is 0.227. The molecule has 0 unspecified atom stereocenters. The van der Waals surface area contributed by atoms with Crippen molar-refractivity contribution in [2.45, 2.75) is 19.3 Å². The van der Waals surface area contributed by atoms with Gasteiger partial charge in [0, 0.05) is 0 Å². The van der Waals surface area contributed by atoms with Crippen molar-refractivity contribution in [1.29, 1.82) is 0 Å². The largest absolute Gasteiger partial charge is 0.506 e. The number of rotatable bonds is 0. The van der Waals surface area contributed by atoms with Gasteiger partial charge >= 0.3 is 0 Å². The van der Waals surface area contributed by atoms with Crippen LogP contribution in [-0.2, 0) is 12.8 Å². The summed E-state index contributed by atoms with van der Waals surface area (Å²) in [5.74, 6) is 0.227. The summed E-state index contributed by atoms with van der Waals surface area (Å²) in [5.41, 5.74) is 8.73. The first-order valence-electron chi connectivity index (χ1n) is 3.88. The summed E-state index contributed by atoms with van der Waals surface area (Å²) in [6.45, 7) is 0. The number of aromatic hydroxyl groups is 1. The molecule has 0 heterocycles. The molecule has 2 rings (SSSR count). The van der Waals surface area contributed by atoms with Crippen LogP contribution in [0.5, 0.6) is 5.75 Å². The van der Waals surface area contributed by atoms with Crippen LogP contribution in [-0.4, -0.2) is 5.11 Å². The van der Waals surface area contributed by atoms with Crippen molar-refractivity contribution in [2.24, 2.45) is 0 Å². The minimum atomic E-state index is 0.227. The molecule has 0 saturated heterocycles. The fourth-order valence-electron chi connectivity index (χ4n) is 1.68. The topological polar surface area (TPSA) is 46.2 Å². The van der Waals surface area contributed by atoms with E-state index in [1.54, 1.807) is 6.07 Å². The maximum atomic E-state index is 9.26. The van der Waals surface area contributed by atoms with E-state index in [0.717, 1.165) is 18.4 Å². The lowest BCUT2D eigenvalue weighted by Crippen LogP contribution is -1.93. The normalized spacial score (nSPS) is 14.9. The third kappa shape index (κ3) is 0.862. The number of aryl methyl sites for hydroxylation is 1. The van der Waals surface area contributed by atoms with Crippen molar-refractivity contribution in [3.05, 3.63) is 23.3 Å². The number of hydrogen-bond donors (Lipinski definition) is 2. The molecule has 11 heavy (non-hydrogen) atoms. The molecule has 0 radical (unpaired) electrons. The van der Waals surface area contributed by atoms with Crippen molar-refractivity contribution < 1.29 is 5.11 Å². The fraction of sp³-hybridized carbons (Fsp3) is 0.333. The number of phenols is 1. The fourth-order valence-corrected chi connectivity index (χ4v) is 1.68. The van der Waals surface area contributed by atoms with Crippen LogP contribution >= 0.6 is 0 Å². The molecule has 0 spiro atoms. The Bertz CT molecular complexity index is 294. The number of benzene rings is 1. The third-order valence-corrected chi connectivity index (χ3v) is 2.30. The van der Waals surface area contributed by atoms with Crippen LogP contribution in [0.2, 0.25) is 0 Å². The molecule has 3 N–H and O–H groups in total. The number of hydrogen-bond acceptors (Lipinski definition) is 2. The van der Waals surface area contributed by atoms with E-state index in [4.69, 9.17) is 5.73 Å². The van der Waals surface area contributed by atoms with E-state index in [2.05, 4.69) is 0 Å². The van der Waals surface area contributed by atoms with Gasteiger partial charge in [0.1, 0.15) is 5.75 Å². The maximum absolute atomic E-state index is 9.26. The van der Waals surface area contributed by atoms with E-state index in [-0.39, 0.29) is 5.75 Å². The smallest absolute Gasteiger partial charge is 0.138 e. The molecule has 1 aromatic carbocycles. The molecule has 2 heteroatoms. The first-order chi connectivity index (χ1) is 5.29. The maximum Gasteiger partial charge on any atom is 0.138 e. The van der Waals surface area contributed by atoms with Gasteiger partial charge in [0.15, 0.2) is 0 Å². The standard InChI is InChI=1S/C9H11NO/c10-9-7-3-1-2-6(7)4-5-8(9)11/h4-5,11H,1-3,10H2. The molecule has 0 aliphatic heterocycles. The highest BCUT2D eigenvalue weighted by atomic mass is 16.3. The Morgan fingerprint density at radius 1 is 1.27 bits per heavy atom. The van der Waals surface area contributed by atoms with Gasteiger partial charge in [-0.1, -0.05) is 6.07 Å². The molecular formula is C9H11NO. The molecular weight excluding hydrogens is 138 g/mol. The molecule has 0 fully saturated rings. The summed E-state index contributed by atoms with van der Waals surface area (Å²) in [7, 11) is 0. The van der Waals surface area contributed by atoms with Crippen LogP contribution in [0.25, 0.3) is 0 Å². The van der Waals surface area contributed by atoms with Gasteiger partial charge in [0.25, 0.3) is 0 Å². The first-order valence-corrected chi connectivity index (χ1v) is 3.88. The second-order valence-corrected chi connectivity index (χ2v) is 2.99. The molecule has 1 aliphatic rings. The van der Waals surface area contributed by atoms with Gasteiger partial charge in [-0.2, -0.15) is 0 Å². The summed E-state index contributed by atoms with van der Waals surface area (Å²) < 4.78 is 0. The lowest BCUT2D eigenvalue weighted by molar-refractivity contribution is 0.477. The van der Waals surface area contributed by atoms with Crippen molar-refractivity contribution in [3.63, 3.8) is 0 Å². The van der Waals surface area contributed by atoms with E-state index < -0.39 is 0 Å². The molecule has 0 saturated carbocycles. The second-order valence-electron chi connectivity index (χ2n) is 2.99. The van der Waals surface area contributed by atoms with Gasteiger partial charge in [0.2, 0.25) is 0 Å². The lowest BCUT2D eigenvalue weighted by atomic mass is 10.1. The van der Waals surface area contributed by atoms with Crippen LogP contribution in [0.3, 0.4) is 0 Å². The highest BCUT2D eigenvalue weighted by molar-refractivity contribution is 5.61. The summed E-state index contributed by atoms with van der Waals surface area (Å²) in [6.07, 6.45) is 3.30. The van der Waals surface area contributed by atoms with E-state index in [1.807, 2.05) is 6.07 Å². The Morgan fingerprint density at radius 2 is 2.09 bits per heavy atom. The van der Waals surface area contributed by atoms with Crippen LogP contribution in [0.4, 0.5) is 5.69 Å². The van der Waals surface area contributed by atoms with E-state index in [0.29, 0.717) is 5.69 Å². The van der Waals surface area contributed by atoms with Crippen molar-refractivity contribution in [1.82, 2.24) is 0 Å². The SMILES string of the molecule is Nc1c(O)ccc2c1CCC2. The van der Waals surface area contributed by atoms with E-state index in [1.165, 1.54) is 12.0 Å². The van der Waals surface area contributed by atoms with Crippen LogP contribution < -0.4 is 5.73 Å². The number of nitrogens with two attached hydrogens (primary N) is 1. The lowest BCUT2D eigenvalue weighted by Gasteiger charge is -2.04. The Labute approximate surface area is 65.7 Å². The quantitative estimate of drug-likeness (QED) is 0.433. The number of phenolic OH excluding ortho intramolecular Hbond substituents is 1. The van der Waals surface area contributed by atoms with Crippen LogP contribution in [0.15, 0.2) is 12.1 Å². The summed E-state index contributed by atoms with van der Waals surface area (Å²) in [5, 5.41) is 9.26. The van der Waals surface area contributed by atoms with Crippen LogP contribution in [0, 0.1) is 0 Å². The number of fused-ring (bicyclic) bond motifs is 1. The molecule has 1 aliphatic carbocycles. The average molecular weight is 149 g/mol. The number of nitrogen functional groups attached to an aromatic ring is 1. The van der Waals surface area contributed by atoms with E-state index >= 15 is 0 Å². The number of anilines is 1. The zero-order chi connectivity index (χ0) is 7.84. The zero-order valence-corrected chi connectivity index (χ0v) is 6.30. The van der Waals surface area contributed by atoms with Gasteiger partial charge in [-0.3, -0.25) is 0 Å². The van der Waals surface area contributed by atoms with Crippen LogP contribution in [0.1, 0.15) is 17.5 Å². The van der Waals surface area contributed by atoms with Gasteiger partial charge in [-0.25, -0.2) is 0 Å². The van der Waals surface area contributed by atoms with Crippen molar-refractivity contribution in [2.75, 3.05) is 5.73 Å². The van der Waals surface area contributed by atoms with Gasteiger partial charge in [-0.15, -0.1) is 0 Å².